The van der Waals surface area contributed by atoms with Gasteiger partial charge in [0, 0.05) is 49.8 Å². The lowest BCUT2D eigenvalue weighted by molar-refractivity contribution is 0.880. The smallest absolute Gasteiger partial charge is 0.248 e. The summed E-state index contributed by atoms with van der Waals surface area (Å²) in [7, 11) is 0. The lowest BCUT2D eigenvalue weighted by Crippen LogP contribution is -2.58. The molecule has 0 fully saturated rings. The third kappa shape index (κ3) is 4.18. The number of fused-ring (bicyclic) bond motifs is 13. The Bertz CT molecular complexity index is 3710. The van der Waals surface area contributed by atoms with Crippen LogP contribution >= 0.6 is 0 Å². The van der Waals surface area contributed by atoms with Gasteiger partial charge in [-0.25, -0.2) is 0 Å². The number of aromatic nitrogens is 1. The molecule has 1 aromatic heterocycles. The van der Waals surface area contributed by atoms with Gasteiger partial charge in [0.2, 0.25) is 13.4 Å². The van der Waals surface area contributed by atoms with Gasteiger partial charge in [-0.1, -0.05) is 184 Å². The quantitative estimate of drug-likeness (QED) is 0.127. The van der Waals surface area contributed by atoms with Gasteiger partial charge in [0.15, 0.2) is 0 Å². The van der Waals surface area contributed by atoms with Gasteiger partial charge in [0.05, 0.1) is 5.52 Å². The fraction of sp³-hybridized carbons (Fsp3) is 0.103. The summed E-state index contributed by atoms with van der Waals surface area (Å²) in [5.41, 5.74) is 21.9. The molecule has 0 atom stereocenters. The third-order valence-corrected chi connectivity index (χ3v) is 14.9. The van der Waals surface area contributed by atoms with Gasteiger partial charge in [0.1, 0.15) is 0 Å². The van der Waals surface area contributed by atoms with Crippen molar-refractivity contribution < 1.29 is 0 Å². The molecule has 0 unspecified atom stereocenters. The molecule has 0 aliphatic carbocycles. The maximum atomic E-state index is 2.69. The zero-order valence-electron chi connectivity index (χ0n) is 35.4. The van der Waals surface area contributed by atoms with Gasteiger partial charge in [-0.2, -0.15) is 0 Å². The van der Waals surface area contributed by atoms with E-state index in [9.17, 15) is 0 Å². The Morgan fingerprint density at radius 2 is 0.968 bits per heavy atom. The summed E-state index contributed by atoms with van der Waals surface area (Å²) >= 11 is 0. The van der Waals surface area contributed by atoms with Crippen LogP contribution in [0.4, 0.5) is 17.1 Å². The van der Waals surface area contributed by atoms with Crippen molar-refractivity contribution in [3.63, 3.8) is 0 Å². The van der Waals surface area contributed by atoms with Crippen LogP contribution in [-0.2, 0) is 0 Å². The highest BCUT2D eigenvalue weighted by molar-refractivity contribution is 7.02. The molecule has 11 aromatic rings. The lowest BCUT2D eigenvalue weighted by Gasteiger charge is -2.40. The van der Waals surface area contributed by atoms with Gasteiger partial charge in [-0.15, -0.1) is 0 Å². The van der Waals surface area contributed by atoms with Crippen LogP contribution in [0.3, 0.4) is 0 Å². The van der Waals surface area contributed by atoms with Crippen molar-refractivity contribution in [2.24, 2.45) is 0 Å². The molecule has 10 aromatic carbocycles. The lowest BCUT2D eigenvalue weighted by atomic mass is 9.34. The van der Waals surface area contributed by atoms with Crippen molar-refractivity contribution in [2.75, 3.05) is 4.90 Å². The first-order valence-electron chi connectivity index (χ1n) is 22.5. The molecule has 3 aliphatic rings. The molecule has 0 bridgehead atoms. The highest BCUT2D eigenvalue weighted by atomic mass is 15.2. The number of hydrogen-bond acceptors (Lipinski definition) is 1. The van der Waals surface area contributed by atoms with E-state index in [-0.39, 0.29) is 19.3 Å². The highest BCUT2D eigenvalue weighted by Gasteiger charge is 2.45. The molecule has 4 heterocycles. The van der Waals surface area contributed by atoms with E-state index < -0.39 is 0 Å². The highest BCUT2D eigenvalue weighted by Crippen LogP contribution is 2.50. The molecule has 0 spiro atoms. The predicted octanol–water partition coefficient (Wildman–Crippen LogP) is 11.0. The second-order valence-corrected chi connectivity index (χ2v) is 18.6. The maximum Gasteiger partial charge on any atom is 0.248 e. The Kier molecular flexibility index (Phi) is 6.87. The monoisotopic (exact) mass is 788 g/mol. The van der Waals surface area contributed by atoms with Crippen LogP contribution in [0.1, 0.15) is 50.7 Å². The van der Waals surface area contributed by atoms with Crippen LogP contribution in [0.15, 0.2) is 170 Å². The summed E-state index contributed by atoms with van der Waals surface area (Å²) in [5, 5.41) is 10.9. The van der Waals surface area contributed by atoms with Crippen molar-refractivity contribution in [3.8, 4) is 16.8 Å². The van der Waals surface area contributed by atoms with Crippen LogP contribution < -0.4 is 37.7 Å². The van der Waals surface area contributed by atoms with Gasteiger partial charge in [-0.05, 0) is 102 Å². The van der Waals surface area contributed by atoms with Crippen LogP contribution in [0.25, 0.3) is 70.9 Å². The SMILES string of the molecule is CC(C)c1c2c(c3ccc4c(C(C)C)c5c(c6ccc1c3c46)-n1c3ccccc3c3ccc4c(c31)B5c1ccccc1-4)N(c1ccccc1)c1ccccc1B2c1ccccc1. The number of para-hydroxylation sites is 3. The van der Waals surface area contributed by atoms with Crippen molar-refractivity contribution >= 4 is 117 Å². The van der Waals surface area contributed by atoms with E-state index in [2.05, 4.69) is 207 Å². The molecular formula is C58H42B2N2. The minimum atomic E-state index is 0.0771. The van der Waals surface area contributed by atoms with Crippen molar-refractivity contribution in [3.05, 3.63) is 181 Å². The summed E-state index contributed by atoms with van der Waals surface area (Å²) in [4.78, 5) is 2.59. The minimum Gasteiger partial charge on any atom is -0.311 e. The Morgan fingerprint density at radius 3 is 1.69 bits per heavy atom. The van der Waals surface area contributed by atoms with E-state index in [4.69, 9.17) is 0 Å². The molecule has 0 saturated carbocycles. The molecule has 62 heavy (non-hydrogen) atoms. The summed E-state index contributed by atoms with van der Waals surface area (Å²) in [6, 6.07) is 64.7. The van der Waals surface area contributed by atoms with Crippen molar-refractivity contribution in [1.29, 1.82) is 0 Å². The number of nitrogens with zero attached hydrogens (tertiary/aromatic N) is 2. The summed E-state index contributed by atoms with van der Waals surface area (Å²) < 4.78 is 2.69. The van der Waals surface area contributed by atoms with Crippen molar-refractivity contribution in [1.82, 2.24) is 4.57 Å². The summed E-state index contributed by atoms with van der Waals surface area (Å²) in [5.74, 6) is 0.565. The van der Waals surface area contributed by atoms with Crippen LogP contribution in [-0.4, -0.2) is 18.0 Å². The Hall–Kier alpha value is -7.03. The topological polar surface area (TPSA) is 8.17 Å². The van der Waals surface area contributed by atoms with Gasteiger partial charge >= 0.3 is 0 Å². The zero-order valence-corrected chi connectivity index (χ0v) is 35.4. The average Bonchev–Trinajstić information content (AvgIpc) is 3.83. The predicted molar refractivity (Wildman–Crippen MR) is 269 cm³/mol. The zero-order chi connectivity index (χ0) is 41.1. The van der Waals surface area contributed by atoms with E-state index in [1.807, 2.05) is 0 Å². The first-order chi connectivity index (χ1) is 30.5. The van der Waals surface area contributed by atoms with Gasteiger partial charge in [0.25, 0.3) is 0 Å². The molecule has 0 saturated heterocycles. The second kappa shape index (κ2) is 12.3. The Morgan fingerprint density at radius 1 is 0.403 bits per heavy atom. The third-order valence-electron chi connectivity index (χ3n) is 14.9. The van der Waals surface area contributed by atoms with Crippen LogP contribution in [0.5, 0.6) is 0 Å². The van der Waals surface area contributed by atoms with E-state index in [1.165, 1.54) is 132 Å². The molecule has 3 aliphatic heterocycles. The first kappa shape index (κ1) is 34.7. The number of rotatable bonds is 4. The van der Waals surface area contributed by atoms with Crippen molar-refractivity contribution in [2.45, 2.75) is 39.5 Å². The fourth-order valence-electron chi connectivity index (χ4n) is 12.8. The number of benzene rings is 10. The van der Waals surface area contributed by atoms with E-state index in [0.29, 0.717) is 5.92 Å². The molecule has 2 nitrogen and oxygen atoms in total. The number of anilines is 3. The summed E-state index contributed by atoms with van der Waals surface area (Å²) in [6.45, 7) is 9.92. The minimum absolute atomic E-state index is 0.0771. The second-order valence-electron chi connectivity index (χ2n) is 18.6. The van der Waals surface area contributed by atoms with Crippen LogP contribution in [0.2, 0.25) is 0 Å². The largest absolute Gasteiger partial charge is 0.311 e. The normalized spacial score (nSPS) is 13.7. The Balaban J connectivity index is 1.21. The van der Waals surface area contributed by atoms with Crippen LogP contribution in [0, 0.1) is 0 Å². The molecular weight excluding hydrogens is 746 g/mol. The maximum absolute atomic E-state index is 2.69. The summed E-state index contributed by atoms with van der Waals surface area (Å²) in [6.07, 6.45) is 0. The van der Waals surface area contributed by atoms with E-state index in [1.54, 1.807) is 0 Å². The molecule has 0 amide bonds. The molecule has 0 radical (unpaired) electrons. The van der Waals surface area contributed by atoms with Gasteiger partial charge < -0.3 is 9.47 Å². The fourth-order valence-corrected chi connectivity index (χ4v) is 12.8. The Labute approximate surface area is 362 Å². The van der Waals surface area contributed by atoms with Gasteiger partial charge in [-0.3, -0.25) is 0 Å². The molecule has 290 valence electrons. The number of hydrogen-bond donors (Lipinski definition) is 0. The average molecular weight is 789 g/mol. The van der Waals surface area contributed by atoms with E-state index in [0.717, 1.165) is 0 Å². The molecule has 4 heteroatoms. The van der Waals surface area contributed by atoms with E-state index >= 15 is 0 Å². The standard InChI is InChI=1S/C58H42B2N2/c1-33(2)49-41-30-32-44-52-42(29-31-43(51(41)52)57-54(49)59(35-17-7-5-8-18-35)46-24-14-16-26-48(46)61(57)36-19-9-6-10-20-36)50(34(3)4)55-58(44)62-47-25-15-12-22-38(47)40-28-27-39-37-21-11-13-23-45(37)60(55)53(39)56(40)62/h5-34H,1-4H3. The first-order valence-corrected chi connectivity index (χ1v) is 22.5. The molecule has 0 N–H and O–H groups in total. The molecule has 14 rings (SSSR count).